The maximum atomic E-state index is 17.4. The molecule has 4 aliphatic heterocycles. The molecule has 252 valence electrons. The number of β-amino-alcohol motifs (C(OH)–C–C–N with tert-alkyl or cyclic N) is 1. The molecule has 14 heteroatoms. The van der Waals surface area contributed by atoms with Crippen LogP contribution in [0.2, 0.25) is 0 Å². The van der Waals surface area contributed by atoms with Crippen LogP contribution < -0.4 is 15.4 Å². The number of rotatable bonds is 7. The van der Waals surface area contributed by atoms with Crippen molar-refractivity contribution in [3.8, 4) is 23.2 Å². The second kappa shape index (κ2) is 12.3. The lowest BCUT2D eigenvalue weighted by atomic mass is 9.90. The second-order valence-electron chi connectivity index (χ2n) is 13.4. The summed E-state index contributed by atoms with van der Waals surface area (Å²) in [6, 6.07) is 5.14. The highest BCUT2D eigenvalue weighted by atomic mass is 32.1. The van der Waals surface area contributed by atoms with Gasteiger partial charge in [-0.2, -0.15) is 15.2 Å². The number of hydrogen-bond donors (Lipinski definition) is 2. The summed E-state index contributed by atoms with van der Waals surface area (Å²) in [7, 11) is 2.02. The van der Waals surface area contributed by atoms with Gasteiger partial charge in [-0.15, -0.1) is 11.3 Å². The third-order valence-corrected chi connectivity index (χ3v) is 11.0. The zero-order chi connectivity index (χ0) is 33.3. The van der Waals surface area contributed by atoms with E-state index in [1.165, 1.54) is 17.4 Å². The Labute approximate surface area is 280 Å². The van der Waals surface area contributed by atoms with E-state index in [-0.39, 0.29) is 76.6 Å². The number of likely N-dealkylation sites (tertiary alicyclic amines) is 1. The van der Waals surface area contributed by atoms with Gasteiger partial charge >= 0.3 is 6.01 Å². The number of nitrogens with two attached hydrogens (primary N) is 1. The number of aromatic nitrogens is 2. The van der Waals surface area contributed by atoms with Gasteiger partial charge in [0, 0.05) is 66.0 Å². The number of fused-ring (bicyclic) bond motifs is 6. The Bertz CT molecular complexity index is 1950. The first-order valence-electron chi connectivity index (χ1n) is 16.4. The minimum absolute atomic E-state index is 0.0138. The number of nitriles is 1. The summed E-state index contributed by atoms with van der Waals surface area (Å²) in [4.78, 5) is 16.3. The molecule has 2 aromatic carbocycles. The standard InChI is InChI=1S/C34H37F2N7O4S/c1-17(44)10-42-11-18-3-4-19(12-42)43(18)33-28-23-16-45-15-22(23)27(29-24(35)5-6-25-26(29)21(9-37)32(38)48-25)30(36)31(28)39-34(40-33)47-14-20-13-41(2)7-8-46-20/h5-6,17-20,44H,3-4,7-8,10-16,38H2,1-2H3/t17?,18?,19?,20-/m1/s1. The lowest BCUT2D eigenvalue weighted by Gasteiger charge is -2.42. The van der Waals surface area contributed by atoms with Crippen LogP contribution in [0, 0.1) is 23.0 Å². The number of piperazine rings is 1. The third kappa shape index (κ3) is 5.24. The Morgan fingerprint density at radius 1 is 1.12 bits per heavy atom. The van der Waals surface area contributed by atoms with Gasteiger partial charge in [-0.3, -0.25) is 4.90 Å². The zero-order valence-corrected chi connectivity index (χ0v) is 27.7. The van der Waals surface area contributed by atoms with Crippen molar-refractivity contribution in [1.82, 2.24) is 19.8 Å². The molecular formula is C34H37F2N7O4S. The van der Waals surface area contributed by atoms with Crippen molar-refractivity contribution in [3.05, 3.63) is 40.5 Å². The molecule has 2 aromatic heterocycles. The molecule has 3 unspecified atom stereocenters. The Hall–Kier alpha value is -3.71. The molecule has 3 fully saturated rings. The molecule has 4 atom stereocenters. The lowest BCUT2D eigenvalue weighted by molar-refractivity contribution is -0.0416. The average Bonchev–Trinajstić information content (AvgIpc) is 3.73. The van der Waals surface area contributed by atoms with Gasteiger partial charge in [0.05, 0.1) is 36.9 Å². The minimum Gasteiger partial charge on any atom is -0.461 e. The van der Waals surface area contributed by atoms with E-state index >= 15 is 8.78 Å². The first-order chi connectivity index (χ1) is 23.2. The lowest BCUT2D eigenvalue weighted by Crippen LogP contribution is -2.55. The largest absolute Gasteiger partial charge is 0.461 e. The van der Waals surface area contributed by atoms with E-state index in [0.717, 1.165) is 32.5 Å². The van der Waals surface area contributed by atoms with Crippen LogP contribution >= 0.6 is 11.3 Å². The molecule has 0 aliphatic carbocycles. The van der Waals surface area contributed by atoms with Gasteiger partial charge < -0.3 is 34.9 Å². The van der Waals surface area contributed by atoms with Crippen molar-refractivity contribution in [2.24, 2.45) is 0 Å². The fourth-order valence-corrected chi connectivity index (χ4v) is 8.97. The van der Waals surface area contributed by atoms with Crippen LogP contribution in [0.1, 0.15) is 36.5 Å². The quantitative estimate of drug-likeness (QED) is 0.294. The van der Waals surface area contributed by atoms with Crippen LogP contribution in [0.25, 0.3) is 32.1 Å². The van der Waals surface area contributed by atoms with E-state index in [0.29, 0.717) is 46.7 Å². The summed E-state index contributed by atoms with van der Waals surface area (Å²) in [5, 5.41) is 21.1. The van der Waals surface area contributed by atoms with Gasteiger partial charge in [0.15, 0.2) is 5.82 Å². The van der Waals surface area contributed by atoms with E-state index in [9.17, 15) is 10.4 Å². The zero-order valence-electron chi connectivity index (χ0n) is 26.8. The molecule has 11 nitrogen and oxygen atoms in total. The van der Waals surface area contributed by atoms with E-state index in [4.69, 9.17) is 24.9 Å². The maximum absolute atomic E-state index is 17.4. The van der Waals surface area contributed by atoms with Crippen LogP contribution in [0.3, 0.4) is 0 Å². The highest BCUT2D eigenvalue weighted by Crippen LogP contribution is 2.49. The number of benzene rings is 2. The van der Waals surface area contributed by atoms with Gasteiger partial charge in [-0.1, -0.05) is 0 Å². The summed E-state index contributed by atoms with van der Waals surface area (Å²) in [5.41, 5.74) is 7.52. The SMILES string of the molecule is CC(O)CN1CC2CCC(C1)N2c1nc(OC[C@H]2CN(C)CCO2)nc2c(F)c(-c3c(F)ccc4sc(N)c(C#N)c34)c3c(c12)COC3. The van der Waals surface area contributed by atoms with Gasteiger partial charge in [-0.25, -0.2) is 8.78 Å². The van der Waals surface area contributed by atoms with Crippen LogP contribution in [0.15, 0.2) is 12.1 Å². The summed E-state index contributed by atoms with van der Waals surface area (Å²) in [6.45, 7) is 6.32. The molecule has 48 heavy (non-hydrogen) atoms. The summed E-state index contributed by atoms with van der Waals surface area (Å²) in [5.74, 6) is -0.818. The van der Waals surface area contributed by atoms with Crippen molar-refractivity contribution in [2.45, 2.75) is 57.3 Å². The number of halogens is 2. The third-order valence-electron chi connectivity index (χ3n) is 10.0. The molecule has 0 saturated carbocycles. The van der Waals surface area contributed by atoms with Gasteiger partial charge in [0.1, 0.15) is 40.9 Å². The monoisotopic (exact) mass is 677 g/mol. The number of morpholine rings is 1. The van der Waals surface area contributed by atoms with Crippen molar-refractivity contribution in [1.29, 1.82) is 5.26 Å². The Balaban J connectivity index is 1.33. The topological polar surface area (TPSA) is 133 Å². The first-order valence-corrected chi connectivity index (χ1v) is 17.2. The van der Waals surface area contributed by atoms with E-state index in [2.05, 4.69) is 25.8 Å². The van der Waals surface area contributed by atoms with Crippen molar-refractivity contribution in [2.75, 3.05) is 63.6 Å². The number of likely N-dealkylation sites (N-methyl/N-ethyl adjacent to an activating group) is 1. The number of thiophene rings is 1. The number of anilines is 2. The number of ether oxygens (including phenoxy) is 3. The molecular weight excluding hydrogens is 640 g/mol. The Morgan fingerprint density at radius 3 is 2.62 bits per heavy atom. The van der Waals surface area contributed by atoms with Crippen LogP contribution in [-0.4, -0.2) is 102 Å². The van der Waals surface area contributed by atoms with Crippen LogP contribution in [-0.2, 0) is 22.7 Å². The highest BCUT2D eigenvalue weighted by molar-refractivity contribution is 7.23. The Kier molecular flexibility index (Phi) is 8.09. The number of nitrogen functional groups attached to an aromatic ring is 1. The number of aliphatic hydroxyl groups excluding tert-OH is 1. The van der Waals surface area contributed by atoms with E-state index in [1.807, 2.05) is 7.05 Å². The van der Waals surface area contributed by atoms with E-state index in [1.54, 1.807) is 13.0 Å². The minimum atomic E-state index is -0.725. The van der Waals surface area contributed by atoms with E-state index < -0.39 is 17.7 Å². The summed E-state index contributed by atoms with van der Waals surface area (Å²) >= 11 is 1.17. The van der Waals surface area contributed by atoms with Crippen molar-refractivity contribution in [3.63, 3.8) is 0 Å². The molecule has 0 spiro atoms. The van der Waals surface area contributed by atoms with Crippen LogP contribution in [0.4, 0.5) is 19.6 Å². The number of hydrogen-bond acceptors (Lipinski definition) is 12. The predicted molar refractivity (Wildman–Crippen MR) is 178 cm³/mol. The van der Waals surface area contributed by atoms with Gasteiger partial charge in [0.25, 0.3) is 0 Å². The van der Waals surface area contributed by atoms with Gasteiger partial charge in [-0.05, 0) is 50.1 Å². The first kappa shape index (κ1) is 31.6. The smallest absolute Gasteiger partial charge is 0.319 e. The highest BCUT2D eigenvalue weighted by Gasteiger charge is 2.43. The fourth-order valence-electron chi connectivity index (χ4n) is 8.04. The fraction of sp³-hybridized carbons (Fsp3) is 0.500. The van der Waals surface area contributed by atoms with Crippen molar-refractivity contribution >= 4 is 43.1 Å². The molecule has 0 radical (unpaired) electrons. The molecule has 3 saturated heterocycles. The molecule has 3 N–H and O–H groups in total. The number of nitrogens with zero attached hydrogens (tertiary/aromatic N) is 6. The van der Waals surface area contributed by atoms with Crippen LogP contribution in [0.5, 0.6) is 6.01 Å². The molecule has 0 amide bonds. The second-order valence-corrected chi connectivity index (χ2v) is 14.5. The summed E-state index contributed by atoms with van der Waals surface area (Å²) < 4.78 is 52.0. The number of aliphatic hydroxyl groups is 1. The predicted octanol–water partition coefficient (Wildman–Crippen LogP) is 4.02. The van der Waals surface area contributed by atoms with Crippen molar-refractivity contribution < 1.29 is 28.1 Å². The average molecular weight is 678 g/mol. The molecule has 6 heterocycles. The summed E-state index contributed by atoms with van der Waals surface area (Å²) in [6.07, 6.45) is 1.19. The molecule has 4 aromatic rings. The molecule has 2 bridgehead atoms. The van der Waals surface area contributed by atoms with Gasteiger partial charge in [0.2, 0.25) is 0 Å². The molecule has 8 rings (SSSR count). The molecule has 4 aliphatic rings. The Morgan fingerprint density at radius 2 is 1.90 bits per heavy atom. The maximum Gasteiger partial charge on any atom is 0.319 e. The normalized spacial score (nSPS) is 23.6.